The van der Waals surface area contributed by atoms with E-state index in [2.05, 4.69) is 27.0 Å². The van der Waals surface area contributed by atoms with Crippen LogP contribution < -0.4 is 17.0 Å². The summed E-state index contributed by atoms with van der Waals surface area (Å²) in [6, 6.07) is 2.30. The van der Waals surface area contributed by atoms with Gasteiger partial charge in [0.15, 0.2) is 12.1 Å². The van der Waals surface area contributed by atoms with Crippen LogP contribution in [0.15, 0.2) is 34.3 Å². The number of nitrogens with zero attached hydrogens (tertiary/aromatic N) is 5. The summed E-state index contributed by atoms with van der Waals surface area (Å²) in [4.78, 5) is 35.5. The highest BCUT2D eigenvalue weighted by atomic mass is 19.4. The first-order chi connectivity index (χ1) is 18.8. The van der Waals surface area contributed by atoms with Gasteiger partial charge in [0, 0.05) is 25.4 Å². The lowest BCUT2D eigenvalue weighted by Crippen LogP contribution is -2.24. The maximum absolute atomic E-state index is 14.4. The number of benzene rings is 1. The number of hydrogen-bond acceptors (Lipinski definition) is 8. The number of aliphatic imine (C=N–C) groups is 1. The highest BCUT2D eigenvalue weighted by Crippen LogP contribution is 2.31. The number of H-pyrrole nitrogens is 1. The summed E-state index contributed by atoms with van der Waals surface area (Å²) >= 11 is 0. The number of nitrogen functional groups attached to an aromatic ring is 2. The van der Waals surface area contributed by atoms with Crippen molar-refractivity contribution >= 4 is 29.8 Å². The molecule has 2 heterocycles. The first-order valence-corrected chi connectivity index (χ1v) is 11.6. The smallest absolute Gasteiger partial charge is 0.397 e. The van der Waals surface area contributed by atoms with Gasteiger partial charge in [-0.3, -0.25) is 9.59 Å². The zero-order valence-corrected chi connectivity index (χ0v) is 21.3. The number of aromatic nitrogens is 4. The molecule has 3 aromatic rings. The highest BCUT2D eigenvalue weighted by Gasteiger charge is 2.36. The topological polar surface area (TPSA) is 156 Å². The van der Waals surface area contributed by atoms with E-state index in [0.29, 0.717) is 6.29 Å². The number of anilines is 2. The van der Waals surface area contributed by atoms with Crippen LogP contribution in [0.2, 0.25) is 0 Å². The molecule has 216 valence electrons. The second-order valence-electron chi connectivity index (χ2n) is 8.30. The molecule has 0 atom stereocenters. The van der Waals surface area contributed by atoms with Gasteiger partial charge in [-0.05, 0) is 18.6 Å². The molecule has 2 aromatic heterocycles. The van der Waals surface area contributed by atoms with Gasteiger partial charge in [-0.15, -0.1) is 0 Å². The van der Waals surface area contributed by atoms with Crippen molar-refractivity contribution in [3.8, 4) is 11.4 Å². The fourth-order valence-corrected chi connectivity index (χ4v) is 3.19. The summed E-state index contributed by atoms with van der Waals surface area (Å²) in [6.45, 7) is 2.89. The fraction of sp³-hybridized carbons (Fsp3) is 0.333. The second kappa shape index (κ2) is 14.0. The van der Waals surface area contributed by atoms with Crippen molar-refractivity contribution in [3.63, 3.8) is 0 Å². The van der Waals surface area contributed by atoms with Crippen LogP contribution in [-0.2, 0) is 6.18 Å². The minimum atomic E-state index is -4.74. The van der Waals surface area contributed by atoms with Gasteiger partial charge in [-0.25, -0.2) is 33.2 Å². The predicted octanol–water partition coefficient (Wildman–Crippen LogP) is 4.77. The van der Waals surface area contributed by atoms with Crippen LogP contribution in [0.4, 0.5) is 43.5 Å². The Morgan fingerprint density at radius 3 is 2.40 bits per heavy atom. The maximum atomic E-state index is 14.4. The number of hydrogen-bond donors (Lipinski definition) is 3. The number of carbonyl (C=O) groups is 1. The van der Waals surface area contributed by atoms with Crippen molar-refractivity contribution in [3.05, 3.63) is 57.4 Å². The Hall–Kier alpha value is -4.50. The Labute approximate surface area is 224 Å². The second-order valence-corrected chi connectivity index (χ2v) is 8.30. The van der Waals surface area contributed by atoms with E-state index < -0.39 is 46.6 Å². The van der Waals surface area contributed by atoms with E-state index in [1.54, 1.807) is 11.4 Å². The van der Waals surface area contributed by atoms with E-state index in [-0.39, 0.29) is 22.6 Å². The average Bonchev–Trinajstić information content (AvgIpc) is 2.87. The summed E-state index contributed by atoms with van der Waals surface area (Å²) in [6.07, 6.45) is -0.746. The molecule has 0 amide bonds. The van der Waals surface area contributed by atoms with Crippen molar-refractivity contribution in [2.24, 2.45) is 4.99 Å². The molecule has 3 rings (SSSR count). The van der Waals surface area contributed by atoms with Gasteiger partial charge < -0.3 is 16.4 Å². The lowest BCUT2D eigenvalue weighted by molar-refractivity contribution is -0.138. The summed E-state index contributed by atoms with van der Waals surface area (Å²) in [5, 5.41) is 4.74. The van der Waals surface area contributed by atoms with Crippen LogP contribution >= 0.6 is 0 Å². The molecule has 10 nitrogen and oxygen atoms in total. The summed E-state index contributed by atoms with van der Waals surface area (Å²) in [5.74, 6) is -1.37. The number of unbranched alkanes of at least 4 members (excludes halogenated alkanes) is 2. The maximum Gasteiger partial charge on any atom is 0.423 e. The molecule has 0 fully saturated rings. The standard InChI is InChI=1S/C19H22F3N5O.C5H4F3N3O/c1-3-4-5-6-27(2)11-25-16-8-13(15(20)7-12(16)10-28)19-24-9-14(17(21)22)18(23)26-19;6-5(7,8)3-2(9)1-10-11-4(3)12/h7-11,17H,3-6H2,1-2H3,(H2,23,24,26);1H,(H3,9,11,12). The Bertz CT molecular complexity index is 1390. The SMILES string of the molecule is CCCCCN(C)C=Nc1cc(-c2ncc(C(F)F)c(N)n2)c(F)cc1C=O.Nc1cn[nH]c(=O)c1C(F)(F)F. The number of carbonyl (C=O) groups excluding carboxylic acids is 1. The van der Waals surface area contributed by atoms with E-state index in [0.717, 1.165) is 44.3 Å². The molecule has 0 aliphatic heterocycles. The Morgan fingerprint density at radius 1 is 1.18 bits per heavy atom. The number of alkyl halides is 5. The largest absolute Gasteiger partial charge is 0.423 e. The van der Waals surface area contributed by atoms with Crippen molar-refractivity contribution in [2.75, 3.05) is 25.1 Å². The third kappa shape index (κ3) is 8.51. The van der Waals surface area contributed by atoms with Gasteiger partial charge in [-0.1, -0.05) is 19.8 Å². The Morgan fingerprint density at radius 2 is 1.88 bits per heavy atom. The normalized spacial score (nSPS) is 11.4. The van der Waals surface area contributed by atoms with E-state index in [4.69, 9.17) is 11.5 Å². The van der Waals surface area contributed by atoms with Crippen LogP contribution in [0, 0.1) is 5.82 Å². The highest BCUT2D eigenvalue weighted by molar-refractivity contribution is 5.86. The van der Waals surface area contributed by atoms with Crippen molar-refractivity contribution in [1.82, 2.24) is 25.1 Å². The number of nitrogens with one attached hydrogen (secondary N) is 1. The predicted molar refractivity (Wildman–Crippen MR) is 137 cm³/mol. The first kappa shape index (κ1) is 31.7. The van der Waals surface area contributed by atoms with Gasteiger partial charge in [0.2, 0.25) is 0 Å². The summed E-state index contributed by atoms with van der Waals surface area (Å²) in [7, 11) is 1.84. The van der Waals surface area contributed by atoms with Gasteiger partial charge in [0.1, 0.15) is 17.2 Å². The average molecular weight is 573 g/mol. The van der Waals surface area contributed by atoms with Crippen LogP contribution in [0.1, 0.15) is 54.1 Å². The molecule has 0 saturated heterocycles. The molecule has 0 aliphatic carbocycles. The molecular formula is C24H26F6N8O2. The number of aldehydes is 1. The number of halogens is 6. The van der Waals surface area contributed by atoms with E-state index in [1.807, 2.05) is 11.9 Å². The van der Waals surface area contributed by atoms with E-state index in [9.17, 15) is 35.9 Å². The molecule has 0 bridgehead atoms. The molecule has 0 radical (unpaired) electrons. The zero-order valence-electron chi connectivity index (χ0n) is 21.3. The Kier molecular flexibility index (Phi) is 11.1. The monoisotopic (exact) mass is 572 g/mol. The zero-order chi connectivity index (χ0) is 30.0. The summed E-state index contributed by atoms with van der Waals surface area (Å²) in [5.41, 5.74) is 6.67. The van der Waals surface area contributed by atoms with Crippen molar-refractivity contribution < 1.29 is 31.1 Å². The number of nitrogens with two attached hydrogens (primary N) is 2. The van der Waals surface area contributed by atoms with Crippen LogP contribution in [0.5, 0.6) is 0 Å². The lowest BCUT2D eigenvalue weighted by atomic mass is 10.1. The van der Waals surface area contributed by atoms with Gasteiger partial charge >= 0.3 is 6.18 Å². The lowest BCUT2D eigenvalue weighted by Gasteiger charge is -2.13. The number of aromatic amines is 1. The molecule has 1 aromatic carbocycles. The molecule has 5 N–H and O–H groups in total. The molecule has 0 aliphatic rings. The number of rotatable bonds is 9. The van der Waals surface area contributed by atoms with Crippen LogP contribution in [0.25, 0.3) is 11.4 Å². The quantitative estimate of drug-likeness (QED) is 0.109. The molecule has 16 heteroatoms. The summed E-state index contributed by atoms with van der Waals surface area (Å²) < 4.78 is 75.9. The van der Waals surface area contributed by atoms with Crippen molar-refractivity contribution in [1.29, 1.82) is 0 Å². The third-order valence-electron chi connectivity index (χ3n) is 5.24. The molecule has 40 heavy (non-hydrogen) atoms. The molecule has 0 spiro atoms. The van der Waals surface area contributed by atoms with Crippen LogP contribution in [-0.4, -0.2) is 51.3 Å². The molecule has 0 saturated carbocycles. The Balaban J connectivity index is 0.000000389. The minimum absolute atomic E-state index is 0.0524. The van der Waals surface area contributed by atoms with Crippen molar-refractivity contribution in [2.45, 2.75) is 38.8 Å². The van der Waals surface area contributed by atoms with Gasteiger partial charge in [0.05, 0.1) is 35.0 Å². The van der Waals surface area contributed by atoms with Crippen LogP contribution in [0.3, 0.4) is 0 Å². The molecule has 0 unspecified atom stereocenters. The van der Waals surface area contributed by atoms with E-state index in [1.165, 1.54) is 6.07 Å². The first-order valence-electron chi connectivity index (χ1n) is 11.6. The van der Waals surface area contributed by atoms with Gasteiger partial charge in [-0.2, -0.15) is 18.3 Å². The molecular weight excluding hydrogens is 546 g/mol. The fourth-order valence-electron chi connectivity index (χ4n) is 3.19. The third-order valence-corrected chi connectivity index (χ3v) is 5.24. The minimum Gasteiger partial charge on any atom is -0.397 e. The van der Waals surface area contributed by atoms with E-state index >= 15 is 0 Å². The van der Waals surface area contributed by atoms with Gasteiger partial charge in [0.25, 0.3) is 12.0 Å².